The monoisotopic (exact) mass is 293 g/mol. The lowest BCUT2D eigenvalue weighted by Crippen LogP contribution is -2.37. The first kappa shape index (κ1) is 14.3. The molecular weight excluding hydrogens is 278 g/mol. The number of anilines is 1. The van der Waals surface area contributed by atoms with Crippen molar-refractivity contribution in [3.05, 3.63) is 34.8 Å². The number of thiazole rings is 1. The number of carbonyl (C=O) groups is 1. The summed E-state index contributed by atoms with van der Waals surface area (Å²) in [6, 6.07) is 3.59. The lowest BCUT2D eigenvalue weighted by molar-refractivity contribution is -0.117. The molecule has 5 N–H and O–H groups in total. The number of carbonyl (C=O) groups excluding carboxylic acids is 1. The van der Waals surface area contributed by atoms with Crippen LogP contribution in [0.25, 0.3) is 0 Å². The van der Waals surface area contributed by atoms with Crippen molar-refractivity contribution in [1.29, 1.82) is 0 Å². The van der Waals surface area contributed by atoms with Crippen molar-refractivity contribution in [3.63, 3.8) is 0 Å². The molecule has 1 amide bonds. The second-order valence-electron chi connectivity index (χ2n) is 4.42. The summed E-state index contributed by atoms with van der Waals surface area (Å²) in [5, 5.41) is 23.6. The van der Waals surface area contributed by atoms with E-state index in [0.717, 1.165) is 5.69 Å². The van der Waals surface area contributed by atoms with Gasteiger partial charge in [-0.05, 0) is 31.0 Å². The molecule has 2 rings (SSSR count). The van der Waals surface area contributed by atoms with Gasteiger partial charge in [-0.15, -0.1) is 11.3 Å². The Morgan fingerprint density at radius 2 is 2.20 bits per heavy atom. The van der Waals surface area contributed by atoms with E-state index in [1.54, 1.807) is 6.07 Å². The predicted molar refractivity (Wildman–Crippen MR) is 76.9 cm³/mol. The van der Waals surface area contributed by atoms with Crippen LogP contribution < -0.4 is 11.1 Å². The highest BCUT2D eigenvalue weighted by Gasteiger charge is 2.16. The fraction of sp³-hybridized carbons (Fsp3) is 0.231. The van der Waals surface area contributed by atoms with Gasteiger partial charge in [0.15, 0.2) is 16.6 Å². The highest BCUT2D eigenvalue weighted by molar-refractivity contribution is 7.13. The first-order valence-corrected chi connectivity index (χ1v) is 6.83. The smallest absolute Gasteiger partial charge is 0.243 e. The van der Waals surface area contributed by atoms with Crippen LogP contribution in [0.1, 0.15) is 11.3 Å². The van der Waals surface area contributed by atoms with Gasteiger partial charge in [0, 0.05) is 5.38 Å². The van der Waals surface area contributed by atoms with Crippen molar-refractivity contribution in [2.24, 2.45) is 5.73 Å². The summed E-state index contributed by atoms with van der Waals surface area (Å²) >= 11 is 1.33. The van der Waals surface area contributed by atoms with Gasteiger partial charge in [0.05, 0.1) is 11.7 Å². The van der Waals surface area contributed by atoms with Crippen LogP contribution in [0.15, 0.2) is 23.6 Å². The third-order valence-corrected chi connectivity index (χ3v) is 3.56. The van der Waals surface area contributed by atoms with Gasteiger partial charge >= 0.3 is 0 Å². The van der Waals surface area contributed by atoms with Crippen molar-refractivity contribution < 1.29 is 15.0 Å². The number of hydrogen-bond acceptors (Lipinski definition) is 6. The summed E-state index contributed by atoms with van der Waals surface area (Å²) in [7, 11) is 0. The minimum Gasteiger partial charge on any atom is -0.504 e. The van der Waals surface area contributed by atoms with Crippen molar-refractivity contribution in [3.8, 4) is 11.5 Å². The molecule has 106 valence electrons. The predicted octanol–water partition coefficient (Wildman–Crippen LogP) is 1.37. The van der Waals surface area contributed by atoms with E-state index >= 15 is 0 Å². The van der Waals surface area contributed by atoms with Crippen molar-refractivity contribution in [2.45, 2.75) is 19.4 Å². The minimum absolute atomic E-state index is 0.204. The second-order valence-corrected chi connectivity index (χ2v) is 5.28. The lowest BCUT2D eigenvalue weighted by Gasteiger charge is -2.11. The zero-order valence-electron chi connectivity index (χ0n) is 10.8. The maximum Gasteiger partial charge on any atom is 0.243 e. The number of aromatic hydroxyl groups is 2. The maximum absolute atomic E-state index is 11.9. The molecule has 0 aliphatic carbocycles. The van der Waals surface area contributed by atoms with Gasteiger partial charge in [-0.25, -0.2) is 4.98 Å². The average molecular weight is 293 g/mol. The van der Waals surface area contributed by atoms with Gasteiger partial charge in [-0.2, -0.15) is 0 Å². The molecule has 1 aromatic carbocycles. The van der Waals surface area contributed by atoms with Crippen molar-refractivity contribution in [1.82, 2.24) is 4.98 Å². The van der Waals surface area contributed by atoms with Crippen LogP contribution >= 0.6 is 11.3 Å². The minimum atomic E-state index is -0.761. The lowest BCUT2D eigenvalue weighted by atomic mass is 10.1. The Labute approximate surface area is 119 Å². The highest BCUT2D eigenvalue weighted by Crippen LogP contribution is 2.25. The Balaban J connectivity index is 1.98. The van der Waals surface area contributed by atoms with Gasteiger partial charge in [0.1, 0.15) is 0 Å². The standard InChI is InChI=1S/C13H15N3O3S/c1-7-6-20-13(15-7)16-12(19)9(14)4-8-2-3-10(17)11(18)5-8/h2-3,5-6,9,17-18H,4,14H2,1H3,(H,15,16,19)/t9-/m0/s1. The summed E-state index contributed by atoms with van der Waals surface area (Å²) in [6.45, 7) is 1.84. The first-order valence-electron chi connectivity index (χ1n) is 5.95. The number of benzene rings is 1. The van der Waals surface area contributed by atoms with E-state index in [1.165, 1.54) is 23.5 Å². The highest BCUT2D eigenvalue weighted by atomic mass is 32.1. The van der Waals surface area contributed by atoms with Crippen LogP contribution in [0.5, 0.6) is 11.5 Å². The van der Waals surface area contributed by atoms with Crippen LogP contribution in [-0.4, -0.2) is 27.1 Å². The molecule has 0 spiro atoms. The Morgan fingerprint density at radius 1 is 1.45 bits per heavy atom. The van der Waals surface area contributed by atoms with Gasteiger partial charge in [0.25, 0.3) is 0 Å². The normalized spacial score (nSPS) is 12.1. The topological polar surface area (TPSA) is 108 Å². The molecule has 20 heavy (non-hydrogen) atoms. The summed E-state index contributed by atoms with van der Waals surface area (Å²) in [6.07, 6.45) is 0.254. The van der Waals surface area contributed by atoms with E-state index in [1.807, 2.05) is 12.3 Å². The van der Waals surface area contributed by atoms with Crippen molar-refractivity contribution >= 4 is 22.4 Å². The van der Waals surface area contributed by atoms with Gasteiger partial charge in [-0.3, -0.25) is 4.79 Å². The molecule has 0 aliphatic heterocycles. The van der Waals surface area contributed by atoms with Crippen LogP contribution in [0.2, 0.25) is 0 Å². The number of nitrogens with two attached hydrogens (primary N) is 1. The van der Waals surface area contributed by atoms with Crippen LogP contribution in [0.4, 0.5) is 5.13 Å². The maximum atomic E-state index is 11.9. The number of amides is 1. The molecule has 0 bridgehead atoms. The number of aromatic nitrogens is 1. The molecular formula is C13H15N3O3S. The fourth-order valence-electron chi connectivity index (χ4n) is 1.65. The van der Waals surface area contributed by atoms with Crippen LogP contribution in [-0.2, 0) is 11.2 Å². The summed E-state index contributed by atoms with van der Waals surface area (Å²) < 4.78 is 0. The fourth-order valence-corrected chi connectivity index (χ4v) is 2.34. The Hall–Kier alpha value is -2.12. The molecule has 1 atom stereocenters. The molecule has 1 heterocycles. The number of aryl methyl sites for hydroxylation is 1. The van der Waals surface area contributed by atoms with E-state index in [-0.39, 0.29) is 23.8 Å². The third-order valence-electron chi connectivity index (χ3n) is 2.68. The number of hydrogen-bond donors (Lipinski definition) is 4. The summed E-state index contributed by atoms with van der Waals surface area (Å²) in [4.78, 5) is 16.0. The first-order chi connectivity index (χ1) is 9.45. The molecule has 0 unspecified atom stereocenters. The zero-order valence-corrected chi connectivity index (χ0v) is 11.6. The molecule has 6 nitrogen and oxygen atoms in total. The summed E-state index contributed by atoms with van der Waals surface area (Å²) in [5.41, 5.74) is 7.31. The third kappa shape index (κ3) is 3.46. The average Bonchev–Trinajstić information content (AvgIpc) is 2.79. The molecule has 0 saturated heterocycles. The number of nitrogens with zero attached hydrogens (tertiary/aromatic N) is 1. The molecule has 0 saturated carbocycles. The van der Waals surface area contributed by atoms with Gasteiger partial charge in [0.2, 0.25) is 5.91 Å². The van der Waals surface area contributed by atoms with E-state index in [9.17, 15) is 15.0 Å². The zero-order chi connectivity index (χ0) is 14.7. The SMILES string of the molecule is Cc1csc(NC(=O)[C@@H](N)Cc2ccc(O)c(O)c2)n1. The van der Waals surface area contributed by atoms with Gasteiger partial charge < -0.3 is 21.3 Å². The molecule has 2 aromatic rings. The number of nitrogens with one attached hydrogen (secondary N) is 1. The quantitative estimate of drug-likeness (QED) is 0.637. The number of phenols is 2. The van der Waals surface area contributed by atoms with E-state index in [2.05, 4.69) is 10.3 Å². The molecule has 0 fully saturated rings. The molecule has 1 aromatic heterocycles. The van der Waals surface area contributed by atoms with Crippen molar-refractivity contribution in [2.75, 3.05) is 5.32 Å². The molecule has 0 aliphatic rings. The van der Waals surface area contributed by atoms with Gasteiger partial charge in [-0.1, -0.05) is 6.07 Å². The Bertz CT molecular complexity index is 627. The Morgan fingerprint density at radius 3 is 2.80 bits per heavy atom. The Kier molecular flexibility index (Phi) is 4.21. The van der Waals surface area contributed by atoms with E-state index in [4.69, 9.17) is 5.73 Å². The largest absolute Gasteiger partial charge is 0.504 e. The molecule has 7 heteroatoms. The summed E-state index contributed by atoms with van der Waals surface area (Å²) in [5.74, 6) is -0.775. The second kappa shape index (κ2) is 5.89. The van der Waals surface area contributed by atoms with Crippen LogP contribution in [0.3, 0.4) is 0 Å². The number of rotatable bonds is 4. The number of phenolic OH excluding ortho intramolecular Hbond substituents is 2. The van der Waals surface area contributed by atoms with E-state index < -0.39 is 6.04 Å². The molecule has 0 radical (unpaired) electrons. The van der Waals surface area contributed by atoms with E-state index in [0.29, 0.717) is 10.7 Å². The van der Waals surface area contributed by atoms with Crippen LogP contribution in [0, 0.1) is 6.92 Å².